The molecule has 0 nitrogen and oxygen atoms in total. The van der Waals surface area contributed by atoms with Gasteiger partial charge in [0, 0.05) is 0 Å². The molecule has 0 aliphatic carbocycles. The van der Waals surface area contributed by atoms with Crippen molar-refractivity contribution in [1.82, 2.24) is 0 Å². The second-order valence-electron chi connectivity index (χ2n) is 7.05. The van der Waals surface area contributed by atoms with Crippen LogP contribution in [0, 0.1) is 13.1 Å². The third kappa shape index (κ3) is 64.8. The maximum atomic E-state index is 3.91. The van der Waals surface area contributed by atoms with Crippen LogP contribution in [0.1, 0.15) is 0 Å². The fraction of sp³-hybridized carbons (Fsp3) is 0.333. The van der Waals surface area contributed by atoms with Crippen LogP contribution in [-0.4, -0.2) is 16.1 Å². The van der Waals surface area contributed by atoms with E-state index in [1.807, 2.05) is 60.7 Å². The van der Waals surface area contributed by atoms with Gasteiger partial charge in [-0.15, -0.1) is 16.1 Å². The Kier molecular flexibility index (Phi) is 18.4. The van der Waals surface area contributed by atoms with Gasteiger partial charge in [0.1, 0.15) is 0 Å². The first-order chi connectivity index (χ1) is 9.00. The van der Waals surface area contributed by atoms with E-state index < -0.39 is 16.1 Å². The zero-order chi connectivity index (χ0) is 16.1. The van der Waals surface area contributed by atoms with Gasteiger partial charge >= 0.3 is 25.8 Å². The summed E-state index contributed by atoms with van der Waals surface area (Å²) in [4.78, 5) is 0. The zero-order valence-corrected chi connectivity index (χ0v) is 20.3. The second kappa shape index (κ2) is 14.9. The largest absolute Gasteiger partial charge is 4.00 e. The van der Waals surface area contributed by atoms with Crippen LogP contribution in [-0.2, 0) is 25.8 Å². The monoisotopic (exact) mass is 484 g/mol. The summed E-state index contributed by atoms with van der Waals surface area (Å²) in [6.45, 7) is 21.1. The maximum Gasteiger partial charge on any atom is 4.00 e. The summed E-state index contributed by atoms with van der Waals surface area (Å²) < 4.78 is 0. The Morgan fingerprint density at radius 3 is 0.762 bits per heavy atom. The Morgan fingerprint density at radius 2 is 0.714 bits per heavy atom. The van der Waals surface area contributed by atoms with Crippen molar-refractivity contribution in [3.63, 3.8) is 0 Å². The Hall–Kier alpha value is 0.00390. The molecular weight excluding hydrogens is 451 g/mol. The quantitative estimate of drug-likeness (QED) is 0.309. The molecule has 0 atom stereocenters. The molecule has 2 aromatic rings. The Balaban J connectivity index is -0.000000202. The number of rotatable bonds is 0. The molecule has 21 heavy (non-hydrogen) atoms. The van der Waals surface area contributed by atoms with Gasteiger partial charge in [0.05, 0.1) is 0 Å². The summed E-state index contributed by atoms with van der Waals surface area (Å²) in [7, 11) is -1.72. The Morgan fingerprint density at radius 1 is 0.571 bits per heavy atom. The molecule has 0 bridgehead atoms. The van der Waals surface area contributed by atoms with Crippen LogP contribution in [0.15, 0.2) is 60.7 Å². The van der Waals surface area contributed by atoms with E-state index in [1.54, 1.807) is 0 Å². The third-order valence-electron chi connectivity index (χ3n) is 1.11. The fourth-order valence-corrected chi connectivity index (χ4v) is 0.642. The Labute approximate surface area is 154 Å². The van der Waals surface area contributed by atoms with E-state index in [9.17, 15) is 0 Å². The van der Waals surface area contributed by atoms with Crippen LogP contribution >= 0.6 is 0 Å². The van der Waals surface area contributed by atoms with Crippen molar-refractivity contribution >= 4 is 16.1 Å². The van der Waals surface area contributed by atoms with E-state index in [0.29, 0.717) is 0 Å². The van der Waals surface area contributed by atoms with Gasteiger partial charge in [-0.2, -0.15) is 36.4 Å². The molecule has 0 amide bonds. The van der Waals surface area contributed by atoms with E-state index >= 15 is 0 Å². The topological polar surface area (TPSA) is 0 Å². The third-order valence-corrected chi connectivity index (χ3v) is 1.11. The van der Waals surface area contributed by atoms with E-state index in [1.165, 1.54) is 0 Å². The van der Waals surface area contributed by atoms with Gasteiger partial charge < -0.3 is 13.1 Å². The molecule has 0 radical (unpaired) electrons. The standard InChI is InChI=1S/2C5H5.2C4H11Si.Hf/c2*1-2-4-5-3-1;2*1-5(2,3)4;/h2*1-5H;2*1H2,2-4H3;/q4*-1;+4. The molecular formula is C18H32HfSi2. The molecule has 0 aliphatic heterocycles. The number of hydrogen-bond donors (Lipinski definition) is 0. The van der Waals surface area contributed by atoms with E-state index in [2.05, 4.69) is 52.4 Å². The van der Waals surface area contributed by atoms with Crippen LogP contribution in [0.3, 0.4) is 0 Å². The van der Waals surface area contributed by atoms with Crippen LogP contribution in [0.25, 0.3) is 0 Å². The molecule has 0 fully saturated rings. The van der Waals surface area contributed by atoms with Gasteiger partial charge in [-0.25, -0.2) is 24.3 Å². The van der Waals surface area contributed by atoms with Crippen LogP contribution in [0.2, 0.25) is 39.3 Å². The molecule has 3 heteroatoms. The van der Waals surface area contributed by atoms with Crippen LogP contribution in [0.5, 0.6) is 0 Å². The molecule has 0 unspecified atom stereocenters. The van der Waals surface area contributed by atoms with Crippen LogP contribution in [0.4, 0.5) is 0 Å². The first-order valence-corrected chi connectivity index (χ1v) is 14.5. The molecule has 116 valence electrons. The number of hydrogen-bond acceptors (Lipinski definition) is 0. The predicted octanol–water partition coefficient (Wildman–Crippen LogP) is 6.20. The van der Waals surface area contributed by atoms with Crippen molar-refractivity contribution in [2.45, 2.75) is 39.3 Å². The molecule has 0 heterocycles. The van der Waals surface area contributed by atoms with Crippen LogP contribution < -0.4 is 0 Å². The van der Waals surface area contributed by atoms with Gasteiger partial charge in [0.25, 0.3) is 0 Å². The summed E-state index contributed by atoms with van der Waals surface area (Å²) >= 11 is 0. The van der Waals surface area contributed by atoms with Crippen molar-refractivity contribution in [3.8, 4) is 0 Å². The average Bonchev–Trinajstić information content (AvgIpc) is 2.92. The van der Waals surface area contributed by atoms with Crippen molar-refractivity contribution in [1.29, 1.82) is 0 Å². The molecule has 2 aromatic carbocycles. The van der Waals surface area contributed by atoms with Crippen molar-refractivity contribution in [2.75, 3.05) is 0 Å². The molecule has 2 rings (SSSR count). The fourth-order valence-electron chi connectivity index (χ4n) is 0.642. The SMILES string of the molecule is [CH2-][Si](C)(C)C.[CH2-][Si](C)(C)C.[Hf+4].c1cc[cH-]c1.c1cc[cH-]c1. The average molecular weight is 483 g/mol. The van der Waals surface area contributed by atoms with Crippen molar-refractivity contribution < 1.29 is 25.8 Å². The van der Waals surface area contributed by atoms with Crippen molar-refractivity contribution in [2.24, 2.45) is 0 Å². The summed E-state index contributed by atoms with van der Waals surface area (Å²) in [6.07, 6.45) is 0. The van der Waals surface area contributed by atoms with Gasteiger partial charge in [-0.1, -0.05) is 39.3 Å². The molecule has 0 N–H and O–H groups in total. The van der Waals surface area contributed by atoms with Gasteiger partial charge in [0.15, 0.2) is 0 Å². The first kappa shape index (κ1) is 25.9. The predicted molar refractivity (Wildman–Crippen MR) is 101 cm³/mol. The van der Waals surface area contributed by atoms with Crippen molar-refractivity contribution in [3.05, 3.63) is 73.8 Å². The molecule has 0 aliphatic rings. The molecule has 0 saturated heterocycles. The molecule has 0 spiro atoms. The van der Waals surface area contributed by atoms with E-state index in [0.717, 1.165) is 0 Å². The van der Waals surface area contributed by atoms with Gasteiger partial charge in [-0.05, 0) is 0 Å². The second-order valence-corrected chi connectivity index (χ2v) is 17.3. The van der Waals surface area contributed by atoms with Gasteiger partial charge in [0.2, 0.25) is 0 Å². The van der Waals surface area contributed by atoms with E-state index in [-0.39, 0.29) is 25.8 Å². The van der Waals surface area contributed by atoms with Gasteiger partial charge in [-0.3, -0.25) is 0 Å². The smallest absolute Gasteiger partial charge is 0.342 e. The normalized spacial score (nSPS) is 9.52. The Bertz CT molecular complexity index is 266. The summed E-state index contributed by atoms with van der Waals surface area (Å²) in [5, 5.41) is 0. The summed E-state index contributed by atoms with van der Waals surface area (Å²) in [5.41, 5.74) is 0. The maximum absolute atomic E-state index is 3.91. The minimum atomic E-state index is -0.861. The molecule has 0 saturated carbocycles. The minimum absolute atomic E-state index is 0. The van der Waals surface area contributed by atoms with E-state index in [4.69, 9.17) is 0 Å². The minimum Gasteiger partial charge on any atom is -0.342 e. The first-order valence-electron chi connectivity index (χ1n) is 7.04. The molecule has 0 aromatic heterocycles. The summed E-state index contributed by atoms with van der Waals surface area (Å²) in [6, 6.07) is 20.0. The zero-order valence-electron chi connectivity index (χ0n) is 14.7. The summed E-state index contributed by atoms with van der Waals surface area (Å²) in [5.74, 6) is 0.